The highest BCUT2D eigenvalue weighted by Crippen LogP contribution is 2.20. The minimum Gasteiger partial charge on any atom is -0.373 e. The Morgan fingerprint density at radius 2 is 2.06 bits per heavy atom. The lowest BCUT2D eigenvalue weighted by atomic mass is 10.1. The molecule has 0 aliphatic rings. The van der Waals surface area contributed by atoms with Crippen molar-refractivity contribution in [1.29, 1.82) is 0 Å². The van der Waals surface area contributed by atoms with Crippen molar-refractivity contribution in [3.8, 4) is 0 Å². The fourth-order valence-electron chi connectivity index (χ4n) is 1.58. The molecule has 1 rings (SSSR count). The number of rotatable bonds is 6. The number of hydrogen-bond acceptors (Lipinski definition) is 3. The van der Waals surface area contributed by atoms with E-state index in [0.29, 0.717) is 6.42 Å². The van der Waals surface area contributed by atoms with Crippen molar-refractivity contribution in [2.75, 3.05) is 30.5 Å². The molecular formula is C13H19NOS. The molecule has 3 heteroatoms. The normalized spacial score (nSPS) is 10.2. The average molecular weight is 237 g/mol. The van der Waals surface area contributed by atoms with Crippen molar-refractivity contribution in [3.05, 3.63) is 29.8 Å². The molecule has 1 aromatic carbocycles. The lowest BCUT2D eigenvalue weighted by Crippen LogP contribution is -2.22. The number of carbonyl (C=O) groups is 1. The third-order valence-corrected chi connectivity index (χ3v) is 3.16. The summed E-state index contributed by atoms with van der Waals surface area (Å²) < 4.78 is 0. The second-order valence-electron chi connectivity index (χ2n) is 3.71. The van der Waals surface area contributed by atoms with Crippen molar-refractivity contribution < 1.29 is 4.79 Å². The van der Waals surface area contributed by atoms with Gasteiger partial charge in [0, 0.05) is 37.0 Å². The minimum absolute atomic E-state index is 0.214. The van der Waals surface area contributed by atoms with E-state index in [2.05, 4.69) is 11.2 Å². The third kappa shape index (κ3) is 3.27. The van der Waals surface area contributed by atoms with Gasteiger partial charge in [-0.15, -0.1) is 0 Å². The van der Waals surface area contributed by atoms with Gasteiger partial charge in [0.2, 0.25) is 0 Å². The summed E-state index contributed by atoms with van der Waals surface area (Å²) >= 11 is 1.82. The molecule has 0 unspecified atom stereocenters. The van der Waals surface area contributed by atoms with Crippen LogP contribution < -0.4 is 4.90 Å². The molecule has 88 valence electrons. The predicted molar refractivity (Wildman–Crippen MR) is 72.7 cm³/mol. The molecule has 0 saturated heterocycles. The lowest BCUT2D eigenvalue weighted by Gasteiger charge is -2.21. The molecule has 0 aliphatic heterocycles. The van der Waals surface area contributed by atoms with E-state index in [1.807, 2.05) is 50.0 Å². The van der Waals surface area contributed by atoms with Gasteiger partial charge in [-0.3, -0.25) is 4.79 Å². The smallest absolute Gasteiger partial charge is 0.164 e. The van der Waals surface area contributed by atoms with E-state index in [4.69, 9.17) is 0 Å². The van der Waals surface area contributed by atoms with E-state index in [0.717, 1.165) is 23.5 Å². The van der Waals surface area contributed by atoms with Crippen LogP contribution in [-0.2, 0) is 0 Å². The maximum absolute atomic E-state index is 11.8. The zero-order valence-corrected chi connectivity index (χ0v) is 11.0. The van der Waals surface area contributed by atoms with Crippen LogP contribution in [0.5, 0.6) is 0 Å². The number of Topliss-reactive ketones (excluding diaryl/α,β-unsaturated/α-hetero) is 1. The largest absolute Gasteiger partial charge is 0.373 e. The predicted octanol–water partition coefficient (Wildman–Crippen LogP) is 3.08. The van der Waals surface area contributed by atoms with Gasteiger partial charge in [-0.05, 0) is 18.4 Å². The van der Waals surface area contributed by atoms with E-state index >= 15 is 0 Å². The molecule has 1 aromatic rings. The maximum Gasteiger partial charge on any atom is 0.164 e. The van der Waals surface area contributed by atoms with Crippen LogP contribution in [0.3, 0.4) is 0 Å². The lowest BCUT2D eigenvalue weighted by molar-refractivity contribution is 0.0988. The molecule has 0 N–H and O–H groups in total. The molecular weight excluding hydrogens is 218 g/mol. The SMILES string of the molecule is CCC(=O)c1ccccc1N(C)CCSC. The van der Waals surface area contributed by atoms with Crippen molar-refractivity contribution in [1.82, 2.24) is 0 Å². The molecule has 16 heavy (non-hydrogen) atoms. The summed E-state index contributed by atoms with van der Waals surface area (Å²) in [5.74, 6) is 1.29. The summed E-state index contributed by atoms with van der Waals surface area (Å²) in [4.78, 5) is 13.9. The number of thioether (sulfide) groups is 1. The second-order valence-corrected chi connectivity index (χ2v) is 4.69. The quantitative estimate of drug-likeness (QED) is 0.709. The highest BCUT2D eigenvalue weighted by atomic mass is 32.2. The number of ketones is 1. The van der Waals surface area contributed by atoms with E-state index in [1.54, 1.807) is 0 Å². The van der Waals surface area contributed by atoms with Crippen molar-refractivity contribution in [2.24, 2.45) is 0 Å². The molecule has 0 amide bonds. The van der Waals surface area contributed by atoms with Crippen LogP contribution in [0.25, 0.3) is 0 Å². The van der Waals surface area contributed by atoms with Crippen LogP contribution in [0.15, 0.2) is 24.3 Å². The first-order valence-electron chi connectivity index (χ1n) is 5.53. The van der Waals surface area contributed by atoms with Gasteiger partial charge in [-0.1, -0.05) is 19.1 Å². The highest BCUT2D eigenvalue weighted by molar-refractivity contribution is 7.98. The Labute approximate surface area is 102 Å². The van der Waals surface area contributed by atoms with Crippen LogP contribution >= 0.6 is 11.8 Å². The van der Waals surface area contributed by atoms with E-state index in [1.165, 1.54) is 0 Å². The van der Waals surface area contributed by atoms with Gasteiger partial charge >= 0.3 is 0 Å². The summed E-state index contributed by atoms with van der Waals surface area (Å²) in [6.07, 6.45) is 2.66. The van der Waals surface area contributed by atoms with Gasteiger partial charge in [0.05, 0.1) is 0 Å². The Kier molecular flexibility index (Phi) is 5.39. The van der Waals surface area contributed by atoms with Crippen LogP contribution in [-0.4, -0.2) is 31.4 Å². The van der Waals surface area contributed by atoms with Gasteiger partial charge in [-0.2, -0.15) is 11.8 Å². The number of benzene rings is 1. The molecule has 2 nitrogen and oxygen atoms in total. The first-order valence-corrected chi connectivity index (χ1v) is 6.92. The maximum atomic E-state index is 11.8. The molecule has 0 saturated carbocycles. The molecule has 0 aromatic heterocycles. The Bertz CT molecular complexity index is 352. The molecule has 0 fully saturated rings. The van der Waals surface area contributed by atoms with Crippen LogP contribution in [0.1, 0.15) is 23.7 Å². The fourth-order valence-corrected chi connectivity index (χ4v) is 2.04. The Hall–Kier alpha value is -0.960. The number of hydrogen-bond donors (Lipinski definition) is 0. The highest BCUT2D eigenvalue weighted by Gasteiger charge is 2.11. The van der Waals surface area contributed by atoms with Gasteiger partial charge < -0.3 is 4.90 Å². The topological polar surface area (TPSA) is 20.3 Å². The summed E-state index contributed by atoms with van der Waals surface area (Å²) in [6.45, 7) is 2.87. The molecule has 0 radical (unpaired) electrons. The first kappa shape index (κ1) is 13.1. The molecule has 0 heterocycles. The standard InChI is InChI=1S/C13H19NOS/c1-4-13(15)11-7-5-6-8-12(11)14(2)9-10-16-3/h5-8H,4,9-10H2,1-3H3. The third-order valence-electron chi connectivity index (χ3n) is 2.57. The zero-order valence-electron chi connectivity index (χ0n) is 10.2. The molecule has 0 spiro atoms. The number of nitrogens with zero attached hydrogens (tertiary/aromatic N) is 1. The van der Waals surface area contributed by atoms with Crippen molar-refractivity contribution >= 4 is 23.2 Å². The second kappa shape index (κ2) is 6.59. The van der Waals surface area contributed by atoms with Crippen LogP contribution in [0.4, 0.5) is 5.69 Å². The molecule has 0 bridgehead atoms. The monoisotopic (exact) mass is 237 g/mol. The number of para-hydroxylation sites is 1. The Balaban J connectivity index is 2.89. The van der Waals surface area contributed by atoms with E-state index in [9.17, 15) is 4.79 Å². The zero-order chi connectivity index (χ0) is 12.0. The van der Waals surface area contributed by atoms with E-state index in [-0.39, 0.29) is 5.78 Å². The first-order chi connectivity index (χ1) is 7.70. The van der Waals surface area contributed by atoms with Crippen molar-refractivity contribution in [3.63, 3.8) is 0 Å². The van der Waals surface area contributed by atoms with Gasteiger partial charge in [0.25, 0.3) is 0 Å². The average Bonchev–Trinajstić information content (AvgIpc) is 2.35. The summed E-state index contributed by atoms with van der Waals surface area (Å²) in [5, 5.41) is 0. The van der Waals surface area contributed by atoms with Gasteiger partial charge in [-0.25, -0.2) is 0 Å². The van der Waals surface area contributed by atoms with Crippen LogP contribution in [0, 0.1) is 0 Å². The van der Waals surface area contributed by atoms with Gasteiger partial charge in [0.1, 0.15) is 0 Å². The fraction of sp³-hybridized carbons (Fsp3) is 0.462. The van der Waals surface area contributed by atoms with E-state index < -0.39 is 0 Å². The number of anilines is 1. The summed E-state index contributed by atoms with van der Waals surface area (Å²) in [7, 11) is 2.04. The number of carbonyl (C=O) groups excluding carboxylic acids is 1. The van der Waals surface area contributed by atoms with Gasteiger partial charge in [0.15, 0.2) is 5.78 Å². The Morgan fingerprint density at radius 1 is 1.38 bits per heavy atom. The minimum atomic E-state index is 0.214. The van der Waals surface area contributed by atoms with Crippen LogP contribution in [0.2, 0.25) is 0 Å². The summed E-state index contributed by atoms with van der Waals surface area (Å²) in [5.41, 5.74) is 1.89. The summed E-state index contributed by atoms with van der Waals surface area (Å²) in [6, 6.07) is 7.84. The van der Waals surface area contributed by atoms with Crippen molar-refractivity contribution in [2.45, 2.75) is 13.3 Å². The molecule has 0 aliphatic carbocycles. The molecule has 0 atom stereocenters. The Morgan fingerprint density at radius 3 is 2.69 bits per heavy atom.